The minimum Gasteiger partial charge on any atom is -0.497 e. The first kappa shape index (κ1) is 42.6. The van der Waals surface area contributed by atoms with E-state index in [9.17, 15) is 27.9 Å². The Kier molecular flexibility index (Phi) is 11.0. The summed E-state index contributed by atoms with van der Waals surface area (Å²) in [6.07, 6.45) is 4.15. The lowest BCUT2D eigenvalue weighted by molar-refractivity contribution is -0.143. The minimum atomic E-state index is -4.06. The standard InChI is InChI=1S/C43H58FN5O9S/c1-25(2)34-35-33(28-19-27(57-7)15-16-30(28)45-34)29(44)21-42(58-35)22-32-36(50)46-43(38(52)47-59(55,56)41(6)17-18-41)20-26(43)13-11-9-8-10-12-14-31(37(51)48(32)24-42)49(39(53)54)23-40(3,4)5/h11,13,15-16,19,25-26,29,31-32H,8-10,12,14,17-18,20-24H2,1-7H3,(H,46,50)(H,47,52)(H,53,54)/b13-11-/t26-,29-,31+,32+,42-,43-/m1/s1. The zero-order chi connectivity index (χ0) is 42.9. The number of carboxylic acid groups (broad SMARTS) is 1. The van der Waals surface area contributed by atoms with E-state index in [-0.39, 0.29) is 50.4 Å². The molecule has 2 aliphatic carbocycles. The molecular weight excluding hydrogens is 782 g/mol. The third kappa shape index (κ3) is 8.09. The van der Waals surface area contributed by atoms with Crippen LogP contribution in [0.2, 0.25) is 0 Å². The average Bonchev–Trinajstić information content (AvgIpc) is 4.05. The molecule has 1 aromatic carbocycles. The Morgan fingerprint density at radius 2 is 1.88 bits per heavy atom. The maximum atomic E-state index is 17.1. The predicted octanol–water partition coefficient (Wildman–Crippen LogP) is 6.29. The van der Waals surface area contributed by atoms with Gasteiger partial charge in [0.05, 0.1) is 29.6 Å². The van der Waals surface area contributed by atoms with Crippen molar-refractivity contribution in [3.05, 3.63) is 41.6 Å². The Hall–Kier alpha value is -4.47. The second kappa shape index (κ2) is 15.2. The van der Waals surface area contributed by atoms with Crippen LogP contribution in [0.1, 0.15) is 129 Å². The van der Waals surface area contributed by atoms with Gasteiger partial charge < -0.3 is 24.8 Å². The normalized spacial score (nSPS) is 29.9. The third-order valence-electron chi connectivity index (χ3n) is 12.8. The molecule has 3 N–H and O–H groups in total. The van der Waals surface area contributed by atoms with Gasteiger partial charge in [0.25, 0.3) is 5.91 Å². The molecule has 16 heteroatoms. The number of nitrogens with zero attached hydrogens (tertiary/aromatic N) is 3. The van der Waals surface area contributed by atoms with E-state index in [2.05, 4.69) is 10.0 Å². The van der Waals surface area contributed by atoms with Gasteiger partial charge in [0, 0.05) is 36.3 Å². The zero-order valence-corrected chi connectivity index (χ0v) is 35.9. The number of fused-ring (bicyclic) bond motifs is 5. The molecule has 3 aliphatic heterocycles. The van der Waals surface area contributed by atoms with Gasteiger partial charge in [-0.3, -0.25) is 24.0 Å². The Labute approximate surface area is 345 Å². The number of carbonyl (C=O) groups is 4. The fourth-order valence-corrected chi connectivity index (χ4v) is 10.4. The highest BCUT2D eigenvalue weighted by molar-refractivity contribution is 7.91. The van der Waals surface area contributed by atoms with Crippen molar-refractivity contribution in [2.24, 2.45) is 11.3 Å². The van der Waals surface area contributed by atoms with E-state index >= 15 is 9.18 Å². The van der Waals surface area contributed by atoms with Crippen LogP contribution in [0.15, 0.2) is 30.4 Å². The predicted molar refractivity (Wildman–Crippen MR) is 218 cm³/mol. The Morgan fingerprint density at radius 3 is 2.53 bits per heavy atom. The molecule has 2 saturated carbocycles. The van der Waals surface area contributed by atoms with E-state index in [1.807, 2.05) is 46.8 Å². The van der Waals surface area contributed by atoms with E-state index in [0.717, 1.165) is 11.3 Å². The fourth-order valence-electron chi connectivity index (χ4n) is 9.06. The van der Waals surface area contributed by atoms with Gasteiger partial charge in [-0.15, -0.1) is 0 Å². The number of carbonyl (C=O) groups excluding carboxylic acids is 3. The molecule has 2 aromatic rings. The van der Waals surface area contributed by atoms with Crippen molar-refractivity contribution in [1.29, 1.82) is 0 Å². The van der Waals surface area contributed by atoms with Gasteiger partial charge in [0.2, 0.25) is 21.8 Å². The largest absolute Gasteiger partial charge is 0.497 e. The third-order valence-corrected chi connectivity index (χ3v) is 15.0. The molecule has 1 saturated heterocycles. The number of allylic oxidation sites excluding steroid dienone is 1. The molecule has 0 bridgehead atoms. The summed E-state index contributed by atoms with van der Waals surface area (Å²) in [6, 6.07) is 2.74. The number of pyridine rings is 1. The van der Waals surface area contributed by atoms with Crippen LogP contribution >= 0.6 is 0 Å². The Morgan fingerprint density at radius 1 is 1.15 bits per heavy atom. The number of hydrogen-bond donors (Lipinski definition) is 3. The van der Waals surface area contributed by atoms with Crippen LogP contribution in [0.4, 0.5) is 9.18 Å². The number of benzene rings is 1. The van der Waals surface area contributed by atoms with Crippen molar-refractivity contribution in [2.75, 3.05) is 20.2 Å². The molecule has 0 unspecified atom stereocenters. The number of halogens is 1. The summed E-state index contributed by atoms with van der Waals surface area (Å²) in [6.45, 7) is 10.8. The number of alkyl halides is 1. The minimum absolute atomic E-state index is 0.0338. The first-order valence-electron chi connectivity index (χ1n) is 20.8. The molecule has 6 atom stereocenters. The maximum absolute atomic E-state index is 17.1. The smallest absolute Gasteiger partial charge is 0.407 e. The number of amides is 4. The van der Waals surface area contributed by atoms with Gasteiger partial charge in [0.1, 0.15) is 40.9 Å². The number of rotatable bonds is 7. The summed E-state index contributed by atoms with van der Waals surface area (Å²) >= 11 is 0. The molecular formula is C43H58FN5O9S. The highest BCUT2D eigenvalue weighted by Gasteiger charge is 2.64. The quantitative estimate of drug-likeness (QED) is 0.268. The Balaban J connectivity index is 1.31. The summed E-state index contributed by atoms with van der Waals surface area (Å²) in [7, 11) is -2.54. The molecule has 4 amide bonds. The van der Waals surface area contributed by atoms with Gasteiger partial charge in [0.15, 0.2) is 0 Å². The van der Waals surface area contributed by atoms with Crippen LogP contribution in [-0.4, -0.2) is 100 Å². The van der Waals surface area contributed by atoms with Crippen LogP contribution in [-0.2, 0) is 24.4 Å². The van der Waals surface area contributed by atoms with Crippen LogP contribution in [0.25, 0.3) is 10.9 Å². The van der Waals surface area contributed by atoms with Crippen LogP contribution < -0.4 is 19.5 Å². The van der Waals surface area contributed by atoms with Crippen LogP contribution in [0, 0.1) is 11.3 Å². The van der Waals surface area contributed by atoms with Crippen molar-refractivity contribution in [3.8, 4) is 11.5 Å². The van der Waals surface area contributed by atoms with Crippen LogP contribution in [0.5, 0.6) is 11.5 Å². The maximum Gasteiger partial charge on any atom is 0.407 e. The van der Waals surface area contributed by atoms with Crippen molar-refractivity contribution >= 4 is 44.7 Å². The lowest BCUT2D eigenvalue weighted by Crippen LogP contribution is -2.59. The lowest BCUT2D eigenvalue weighted by Gasteiger charge is -2.39. The second-order valence-electron chi connectivity index (χ2n) is 19.1. The molecule has 4 heterocycles. The second-order valence-corrected chi connectivity index (χ2v) is 21.3. The Bertz CT molecular complexity index is 2190. The molecule has 1 spiro atoms. The van der Waals surface area contributed by atoms with E-state index in [4.69, 9.17) is 14.5 Å². The molecule has 0 radical (unpaired) electrons. The topological polar surface area (TPSA) is 185 Å². The number of methoxy groups -OCH3 is 1. The lowest BCUT2D eigenvalue weighted by atomic mass is 9.85. The number of hydrogen-bond acceptors (Lipinski definition) is 9. The number of aromatic nitrogens is 1. The zero-order valence-electron chi connectivity index (χ0n) is 35.1. The fraction of sp³-hybridized carbons (Fsp3) is 0.651. The SMILES string of the molecule is COc1ccc2nc(C(C)C)c3c(c2c1)[C@H](F)C[C@]1(C[C@H]2C(=O)N[C@]4(C(=O)NS(=O)(=O)C5(C)CC5)C[C@H]4/C=C\CCCCC[C@H](N(CC(C)(C)C)C(=O)O)C(=O)N2C1)O3. The molecule has 14 nitrogen and oxygen atoms in total. The first-order chi connectivity index (χ1) is 27.6. The number of nitrogens with one attached hydrogen (secondary N) is 2. The monoisotopic (exact) mass is 839 g/mol. The molecule has 7 rings (SSSR count). The van der Waals surface area contributed by atoms with E-state index in [1.54, 1.807) is 25.1 Å². The number of sulfonamides is 1. The first-order valence-corrected chi connectivity index (χ1v) is 22.3. The average molecular weight is 840 g/mol. The summed E-state index contributed by atoms with van der Waals surface area (Å²) in [5.41, 5.74) is -2.21. The highest BCUT2D eigenvalue weighted by atomic mass is 32.2. The summed E-state index contributed by atoms with van der Waals surface area (Å²) in [4.78, 5) is 64.3. The van der Waals surface area contributed by atoms with Crippen molar-refractivity contribution in [2.45, 2.75) is 146 Å². The molecule has 1 aromatic heterocycles. The summed E-state index contributed by atoms with van der Waals surface area (Å²) < 4.78 is 57.2. The molecule has 3 fully saturated rings. The van der Waals surface area contributed by atoms with Crippen LogP contribution in [0.3, 0.4) is 0 Å². The summed E-state index contributed by atoms with van der Waals surface area (Å²) in [5, 5.41) is 14.0. The van der Waals surface area contributed by atoms with E-state index in [0.29, 0.717) is 60.0 Å². The van der Waals surface area contributed by atoms with Gasteiger partial charge in [-0.25, -0.2) is 22.6 Å². The van der Waals surface area contributed by atoms with Crippen molar-refractivity contribution < 1.29 is 46.6 Å². The molecule has 5 aliphatic rings. The van der Waals surface area contributed by atoms with E-state index in [1.165, 1.54) is 12.0 Å². The molecule has 322 valence electrons. The highest BCUT2D eigenvalue weighted by Crippen LogP contribution is 2.53. The molecule has 59 heavy (non-hydrogen) atoms. The number of ether oxygens (including phenoxy) is 2. The van der Waals surface area contributed by atoms with Crippen molar-refractivity contribution in [1.82, 2.24) is 24.8 Å². The van der Waals surface area contributed by atoms with Gasteiger partial charge in [-0.05, 0) is 75.0 Å². The van der Waals surface area contributed by atoms with E-state index < -0.39 is 79.3 Å². The van der Waals surface area contributed by atoms with Gasteiger partial charge in [-0.2, -0.15) is 0 Å². The van der Waals surface area contributed by atoms with Crippen molar-refractivity contribution in [3.63, 3.8) is 0 Å². The van der Waals surface area contributed by atoms with Gasteiger partial charge >= 0.3 is 6.09 Å². The van der Waals surface area contributed by atoms with Gasteiger partial charge in [-0.1, -0.05) is 59.6 Å². The summed E-state index contributed by atoms with van der Waals surface area (Å²) in [5.74, 6) is -2.19.